The van der Waals surface area contributed by atoms with Gasteiger partial charge < -0.3 is 0 Å². The molecule has 1 saturated carbocycles. The van der Waals surface area contributed by atoms with Crippen molar-refractivity contribution in [3.05, 3.63) is 12.7 Å². The van der Waals surface area contributed by atoms with Crippen molar-refractivity contribution in [2.75, 3.05) is 0 Å². The molecule has 0 bridgehead atoms. The summed E-state index contributed by atoms with van der Waals surface area (Å²) < 4.78 is 0. The molecule has 0 aliphatic heterocycles. The molecule has 0 aromatic rings. The number of rotatable bonds is 5. The predicted octanol–water partition coefficient (Wildman–Crippen LogP) is 2.61. The number of hydrogen-bond donors (Lipinski definition) is 2. The molecule has 2 nitrogen and oxygen atoms in total. The fraction of sp³-hybridized carbons (Fsp3) is 0.833. The minimum atomic E-state index is 0.285. The van der Waals surface area contributed by atoms with Gasteiger partial charge in [0.25, 0.3) is 0 Å². The molecule has 2 heteroatoms. The van der Waals surface area contributed by atoms with E-state index in [9.17, 15) is 0 Å². The SMILES string of the molecule is C=CC(NN)C1(CC(C)C)CCCC1. The molecule has 1 unspecified atom stereocenters. The first-order valence-electron chi connectivity index (χ1n) is 5.73. The van der Waals surface area contributed by atoms with Crippen molar-refractivity contribution >= 4 is 0 Å². The lowest BCUT2D eigenvalue weighted by atomic mass is 9.73. The standard InChI is InChI=1S/C12H24N2/c1-4-11(14-13)12(9-10(2)3)7-5-6-8-12/h4,10-11,14H,1,5-9,13H2,2-3H3. The van der Waals surface area contributed by atoms with Gasteiger partial charge in [-0.15, -0.1) is 6.58 Å². The Labute approximate surface area is 87.9 Å². The summed E-state index contributed by atoms with van der Waals surface area (Å²) >= 11 is 0. The van der Waals surface area contributed by atoms with Gasteiger partial charge in [-0.25, -0.2) is 0 Å². The minimum absolute atomic E-state index is 0.285. The smallest absolute Gasteiger partial charge is 0.0444 e. The van der Waals surface area contributed by atoms with Gasteiger partial charge in [0.15, 0.2) is 0 Å². The number of nitrogens with one attached hydrogen (secondary N) is 1. The predicted molar refractivity (Wildman–Crippen MR) is 61.7 cm³/mol. The normalized spacial score (nSPS) is 22.6. The fourth-order valence-electron chi connectivity index (χ4n) is 3.03. The molecule has 1 fully saturated rings. The van der Waals surface area contributed by atoms with E-state index in [4.69, 9.17) is 5.84 Å². The van der Waals surface area contributed by atoms with Crippen LogP contribution in [0.2, 0.25) is 0 Å². The van der Waals surface area contributed by atoms with Crippen LogP contribution in [0.5, 0.6) is 0 Å². The highest BCUT2D eigenvalue weighted by atomic mass is 15.2. The van der Waals surface area contributed by atoms with Gasteiger partial charge in [0, 0.05) is 6.04 Å². The van der Waals surface area contributed by atoms with E-state index in [0.717, 1.165) is 5.92 Å². The van der Waals surface area contributed by atoms with E-state index >= 15 is 0 Å². The molecular formula is C12H24N2. The second kappa shape index (κ2) is 4.94. The second-order valence-electron chi connectivity index (χ2n) is 5.05. The fourth-order valence-corrected chi connectivity index (χ4v) is 3.03. The lowest BCUT2D eigenvalue weighted by Gasteiger charge is -2.37. The van der Waals surface area contributed by atoms with Crippen molar-refractivity contribution < 1.29 is 0 Å². The Bertz CT molecular complexity index is 181. The van der Waals surface area contributed by atoms with Gasteiger partial charge in [-0.05, 0) is 30.6 Å². The van der Waals surface area contributed by atoms with Gasteiger partial charge >= 0.3 is 0 Å². The van der Waals surface area contributed by atoms with E-state index in [0.29, 0.717) is 5.41 Å². The van der Waals surface area contributed by atoms with Crippen molar-refractivity contribution in [3.8, 4) is 0 Å². The average molecular weight is 196 g/mol. The molecule has 0 radical (unpaired) electrons. The molecule has 0 aromatic heterocycles. The Hall–Kier alpha value is -0.340. The molecule has 1 atom stereocenters. The summed E-state index contributed by atoms with van der Waals surface area (Å²) in [6.45, 7) is 8.46. The largest absolute Gasteiger partial charge is 0.271 e. The zero-order chi connectivity index (χ0) is 10.6. The second-order valence-corrected chi connectivity index (χ2v) is 5.05. The first kappa shape index (κ1) is 11.7. The van der Waals surface area contributed by atoms with Crippen LogP contribution < -0.4 is 11.3 Å². The van der Waals surface area contributed by atoms with Crippen molar-refractivity contribution in [2.24, 2.45) is 17.2 Å². The highest BCUT2D eigenvalue weighted by molar-refractivity contribution is 5.02. The minimum Gasteiger partial charge on any atom is -0.271 e. The molecule has 3 N–H and O–H groups in total. The van der Waals surface area contributed by atoms with Gasteiger partial charge in [0.05, 0.1) is 0 Å². The highest BCUT2D eigenvalue weighted by Crippen LogP contribution is 2.45. The molecule has 1 aliphatic carbocycles. The molecule has 14 heavy (non-hydrogen) atoms. The van der Waals surface area contributed by atoms with Crippen molar-refractivity contribution in [2.45, 2.75) is 52.0 Å². The van der Waals surface area contributed by atoms with Gasteiger partial charge in [-0.3, -0.25) is 11.3 Å². The Morgan fingerprint density at radius 2 is 2.00 bits per heavy atom. The average Bonchev–Trinajstić information content (AvgIpc) is 2.55. The van der Waals surface area contributed by atoms with Gasteiger partial charge in [-0.2, -0.15) is 0 Å². The van der Waals surface area contributed by atoms with Gasteiger partial charge in [-0.1, -0.05) is 32.8 Å². The molecule has 0 amide bonds. The zero-order valence-electron chi connectivity index (χ0n) is 9.55. The lowest BCUT2D eigenvalue weighted by Crippen LogP contribution is -2.46. The maximum Gasteiger partial charge on any atom is 0.0444 e. The molecule has 0 saturated heterocycles. The van der Waals surface area contributed by atoms with Crippen LogP contribution in [-0.4, -0.2) is 6.04 Å². The van der Waals surface area contributed by atoms with E-state index in [2.05, 4.69) is 25.9 Å². The van der Waals surface area contributed by atoms with Crippen molar-refractivity contribution in [3.63, 3.8) is 0 Å². The third-order valence-corrected chi connectivity index (χ3v) is 3.49. The Kier molecular flexibility index (Phi) is 4.14. The lowest BCUT2D eigenvalue weighted by molar-refractivity contribution is 0.184. The Balaban J connectivity index is 2.74. The summed E-state index contributed by atoms with van der Waals surface area (Å²) in [7, 11) is 0. The quantitative estimate of drug-likeness (QED) is 0.403. The Morgan fingerprint density at radius 1 is 1.43 bits per heavy atom. The van der Waals surface area contributed by atoms with Crippen LogP contribution in [0.1, 0.15) is 46.0 Å². The van der Waals surface area contributed by atoms with Crippen LogP contribution >= 0.6 is 0 Å². The van der Waals surface area contributed by atoms with E-state index in [1.54, 1.807) is 0 Å². The maximum atomic E-state index is 5.60. The molecule has 0 spiro atoms. The molecule has 82 valence electrons. The Morgan fingerprint density at radius 3 is 2.36 bits per heavy atom. The highest BCUT2D eigenvalue weighted by Gasteiger charge is 2.39. The van der Waals surface area contributed by atoms with Crippen LogP contribution in [-0.2, 0) is 0 Å². The molecular weight excluding hydrogens is 172 g/mol. The molecule has 1 aliphatic rings. The third kappa shape index (κ3) is 2.37. The van der Waals surface area contributed by atoms with Crippen LogP contribution in [0.4, 0.5) is 0 Å². The first-order valence-corrected chi connectivity index (χ1v) is 5.73. The van der Waals surface area contributed by atoms with Crippen LogP contribution in [0.15, 0.2) is 12.7 Å². The van der Waals surface area contributed by atoms with Crippen LogP contribution in [0, 0.1) is 11.3 Å². The molecule has 0 aromatic carbocycles. The van der Waals surface area contributed by atoms with E-state index in [-0.39, 0.29) is 6.04 Å². The monoisotopic (exact) mass is 196 g/mol. The summed E-state index contributed by atoms with van der Waals surface area (Å²) in [6, 6.07) is 0.285. The van der Waals surface area contributed by atoms with Gasteiger partial charge in [0.2, 0.25) is 0 Å². The zero-order valence-corrected chi connectivity index (χ0v) is 9.55. The summed E-state index contributed by atoms with van der Waals surface area (Å²) in [5.41, 5.74) is 3.30. The summed E-state index contributed by atoms with van der Waals surface area (Å²) in [4.78, 5) is 0. The topological polar surface area (TPSA) is 38.0 Å². The van der Waals surface area contributed by atoms with E-state index in [1.165, 1.54) is 32.1 Å². The molecule has 1 rings (SSSR count). The van der Waals surface area contributed by atoms with Gasteiger partial charge in [0.1, 0.15) is 0 Å². The molecule has 0 heterocycles. The summed E-state index contributed by atoms with van der Waals surface area (Å²) in [5, 5.41) is 0. The summed E-state index contributed by atoms with van der Waals surface area (Å²) in [6.07, 6.45) is 8.52. The summed E-state index contributed by atoms with van der Waals surface area (Å²) in [5.74, 6) is 6.34. The maximum absolute atomic E-state index is 5.60. The van der Waals surface area contributed by atoms with Crippen molar-refractivity contribution in [1.29, 1.82) is 0 Å². The van der Waals surface area contributed by atoms with E-state index < -0.39 is 0 Å². The first-order chi connectivity index (χ1) is 6.64. The number of hydrazine groups is 1. The third-order valence-electron chi connectivity index (χ3n) is 3.49. The van der Waals surface area contributed by atoms with Crippen LogP contribution in [0.25, 0.3) is 0 Å². The number of hydrogen-bond acceptors (Lipinski definition) is 2. The van der Waals surface area contributed by atoms with Crippen LogP contribution in [0.3, 0.4) is 0 Å². The van der Waals surface area contributed by atoms with E-state index in [1.807, 2.05) is 6.08 Å². The van der Waals surface area contributed by atoms with Crippen molar-refractivity contribution in [1.82, 2.24) is 5.43 Å². The number of nitrogens with two attached hydrogens (primary N) is 1.